The van der Waals surface area contributed by atoms with Gasteiger partial charge in [-0.3, -0.25) is 10.1 Å². The van der Waals surface area contributed by atoms with Gasteiger partial charge in [0, 0.05) is 17.4 Å². The molecule has 1 aromatic carbocycles. The summed E-state index contributed by atoms with van der Waals surface area (Å²) in [6, 6.07) is 10.4. The molecular formula is C15H14N4O3S. The summed E-state index contributed by atoms with van der Waals surface area (Å²) in [6.45, 7) is 2.53. The van der Waals surface area contributed by atoms with Crippen LogP contribution in [0.4, 0.5) is 5.69 Å². The van der Waals surface area contributed by atoms with Gasteiger partial charge in [-0.05, 0) is 24.6 Å². The van der Waals surface area contributed by atoms with Gasteiger partial charge in [0.25, 0.3) is 5.69 Å². The summed E-state index contributed by atoms with van der Waals surface area (Å²) in [5.41, 5.74) is 0.962. The molecule has 0 aliphatic rings. The number of hydrogen-bond acceptors (Lipinski definition) is 6. The first kappa shape index (κ1) is 15.3. The molecule has 3 rings (SSSR count). The van der Waals surface area contributed by atoms with E-state index in [1.165, 1.54) is 17.8 Å². The highest BCUT2D eigenvalue weighted by atomic mass is 32.2. The Balaban J connectivity index is 1.76. The Bertz CT molecular complexity index is 801. The number of rotatable bonds is 6. The second-order valence-corrected chi connectivity index (χ2v) is 6.24. The molecule has 2 heterocycles. The van der Waals surface area contributed by atoms with Crippen molar-refractivity contribution in [3.63, 3.8) is 0 Å². The Morgan fingerprint density at radius 3 is 3.00 bits per heavy atom. The van der Waals surface area contributed by atoms with Gasteiger partial charge in [0.1, 0.15) is 12.1 Å². The van der Waals surface area contributed by atoms with Crippen molar-refractivity contribution in [1.29, 1.82) is 0 Å². The first-order valence-electron chi connectivity index (χ1n) is 6.94. The molecule has 0 N–H and O–H groups in total. The number of nitro groups is 1. The molecule has 0 saturated heterocycles. The molecule has 3 aromatic rings. The monoisotopic (exact) mass is 330 g/mol. The molecule has 0 amide bonds. The molecule has 1 unspecified atom stereocenters. The van der Waals surface area contributed by atoms with E-state index in [1.807, 2.05) is 29.7 Å². The Hall–Kier alpha value is -2.61. The van der Waals surface area contributed by atoms with E-state index < -0.39 is 0 Å². The third kappa shape index (κ3) is 3.59. The SMILES string of the molecule is CC(Sc1nncn1Cc1ccco1)c1cccc([N+](=O)[O-])c1. The highest BCUT2D eigenvalue weighted by molar-refractivity contribution is 7.99. The van der Waals surface area contributed by atoms with Gasteiger partial charge in [-0.15, -0.1) is 10.2 Å². The predicted octanol–water partition coefficient (Wildman–Crippen LogP) is 3.68. The summed E-state index contributed by atoms with van der Waals surface area (Å²) in [7, 11) is 0. The lowest BCUT2D eigenvalue weighted by Crippen LogP contribution is -2.01. The zero-order chi connectivity index (χ0) is 16.2. The maximum absolute atomic E-state index is 10.9. The van der Waals surface area contributed by atoms with E-state index >= 15 is 0 Å². The smallest absolute Gasteiger partial charge is 0.269 e. The quantitative estimate of drug-likeness (QED) is 0.389. The lowest BCUT2D eigenvalue weighted by atomic mass is 10.1. The molecule has 1 atom stereocenters. The van der Waals surface area contributed by atoms with Gasteiger partial charge in [-0.2, -0.15) is 0 Å². The lowest BCUT2D eigenvalue weighted by molar-refractivity contribution is -0.384. The summed E-state index contributed by atoms with van der Waals surface area (Å²) in [5.74, 6) is 0.814. The molecule has 0 fully saturated rings. The van der Waals surface area contributed by atoms with Gasteiger partial charge < -0.3 is 8.98 Å². The fourth-order valence-electron chi connectivity index (χ4n) is 2.13. The summed E-state index contributed by atoms with van der Waals surface area (Å²) < 4.78 is 7.22. The molecule has 0 aliphatic carbocycles. The normalized spacial score (nSPS) is 12.2. The zero-order valence-electron chi connectivity index (χ0n) is 12.3. The minimum atomic E-state index is -0.389. The number of aromatic nitrogens is 3. The van der Waals surface area contributed by atoms with Crippen LogP contribution in [0.5, 0.6) is 0 Å². The van der Waals surface area contributed by atoms with Crippen molar-refractivity contribution < 1.29 is 9.34 Å². The van der Waals surface area contributed by atoms with Crippen molar-refractivity contribution in [3.8, 4) is 0 Å². The van der Waals surface area contributed by atoms with Crippen LogP contribution in [-0.4, -0.2) is 19.7 Å². The van der Waals surface area contributed by atoms with Crippen molar-refractivity contribution in [2.24, 2.45) is 0 Å². The zero-order valence-corrected chi connectivity index (χ0v) is 13.1. The first-order valence-corrected chi connectivity index (χ1v) is 7.82. The highest BCUT2D eigenvalue weighted by Crippen LogP contribution is 2.34. The van der Waals surface area contributed by atoms with Gasteiger partial charge in [0.05, 0.1) is 17.7 Å². The van der Waals surface area contributed by atoms with E-state index in [9.17, 15) is 10.1 Å². The van der Waals surface area contributed by atoms with Crippen molar-refractivity contribution >= 4 is 17.4 Å². The van der Waals surface area contributed by atoms with Gasteiger partial charge in [0.2, 0.25) is 0 Å². The molecule has 0 bridgehead atoms. The van der Waals surface area contributed by atoms with Gasteiger partial charge in [0.15, 0.2) is 5.16 Å². The van der Waals surface area contributed by atoms with E-state index in [2.05, 4.69) is 10.2 Å². The number of non-ortho nitro benzene ring substituents is 1. The molecule has 0 spiro atoms. The number of hydrogen-bond donors (Lipinski definition) is 0. The predicted molar refractivity (Wildman–Crippen MR) is 85.2 cm³/mol. The average molecular weight is 330 g/mol. The van der Waals surface area contributed by atoms with Crippen LogP contribution >= 0.6 is 11.8 Å². The van der Waals surface area contributed by atoms with Crippen LogP contribution in [-0.2, 0) is 6.54 Å². The molecule has 7 nitrogen and oxygen atoms in total. The molecule has 118 valence electrons. The van der Waals surface area contributed by atoms with Crippen LogP contribution in [0, 0.1) is 10.1 Å². The lowest BCUT2D eigenvalue weighted by Gasteiger charge is -2.11. The van der Waals surface area contributed by atoms with Crippen LogP contribution in [0.15, 0.2) is 58.6 Å². The van der Waals surface area contributed by atoms with Crippen molar-refractivity contribution in [1.82, 2.24) is 14.8 Å². The average Bonchev–Trinajstić information content (AvgIpc) is 3.20. The molecule has 0 radical (unpaired) electrons. The van der Waals surface area contributed by atoms with Crippen LogP contribution in [0.2, 0.25) is 0 Å². The highest BCUT2D eigenvalue weighted by Gasteiger charge is 2.15. The Labute approximate surface area is 136 Å². The Morgan fingerprint density at radius 2 is 2.26 bits per heavy atom. The van der Waals surface area contributed by atoms with E-state index in [-0.39, 0.29) is 15.9 Å². The fraction of sp³-hybridized carbons (Fsp3) is 0.200. The van der Waals surface area contributed by atoms with E-state index in [0.29, 0.717) is 6.54 Å². The van der Waals surface area contributed by atoms with Crippen molar-refractivity contribution in [2.75, 3.05) is 0 Å². The van der Waals surface area contributed by atoms with Crippen LogP contribution in [0.25, 0.3) is 0 Å². The number of thioether (sulfide) groups is 1. The second-order valence-electron chi connectivity index (χ2n) is 4.93. The maximum Gasteiger partial charge on any atom is 0.269 e. The van der Waals surface area contributed by atoms with Crippen molar-refractivity contribution in [2.45, 2.75) is 23.9 Å². The summed E-state index contributed by atoms with van der Waals surface area (Å²) in [4.78, 5) is 10.5. The van der Waals surface area contributed by atoms with Gasteiger partial charge in [-0.1, -0.05) is 23.9 Å². The van der Waals surface area contributed by atoms with E-state index in [1.54, 1.807) is 24.7 Å². The Kier molecular flexibility index (Phi) is 4.42. The number of nitrogens with zero attached hydrogens (tertiary/aromatic N) is 4. The Morgan fingerprint density at radius 1 is 1.39 bits per heavy atom. The number of furan rings is 1. The number of benzene rings is 1. The standard InChI is InChI=1S/C15H14N4O3S/c1-11(12-4-2-5-13(8-12)19(20)21)23-15-17-16-10-18(15)9-14-6-3-7-22-14/h2-8,10-11H,9H2,1H3. The minimum absolute atomic E-state index is 0.00875. The molecule has 2 aromatic heterocycles. The van der Waals surface area contributed by atoms with Gasteiger partial charge in [-0.25, -0.2) is 0 Å². The van der Waals surface area contributed by atoms with Crippen LogP contribution in [0.3, 0.4) is 0 Å². The third-order valence-corrected chi connectivity index (χ3v) is 4.47. The minimum Gasteiger partial charge on any atom is -0.467 e. The fourth-order valence-corrected chi connectivity index (χ4v) is 3.07. The largest absolute Gasteiger partial charge is 0.467 e. The van der Waals surface area contributed by atoms with E-state index in [0.717, 1.165) is 16.5 Å². The summed E-state index contributed by atoms with van der Waals surface area (Å²) in [5, 5.41) is 19.7. The molecular weight excluding hydrogens is 316 g/mol. The van der Waals surface area contributed by atoms with Crippen LogP contribution in [0.1, 0.15) is 23.5 Å². The van der Waals surface area contributed by atoms with Gasteiger partial charge >= 0.3 is 0 Å². The molecule has 23 heavy (non-hydrogen) atoms. The summed E-state index contributed by atoms with van der Waals surface area (Å²) in [6.07, 6.45) is 3.27. The summed E-state index contributed by atoms with van der Waals surface area (Å²) >= 11 is 1.50. The van der Waals surface area contributed by atoms with Crippen LogP contribution < -0.4 is 0 Å². The molecule has 8 heteroatoms. The van der Waals surface area contributed by atoms with Crippen molar-refractivity contribution in [3.05, 3.63) is 70.4 Å². The number of nitro benzene ring substituents is 1. The topological polar surface area (TPSA) is 87.0 Å². The molecule has 0 aliphatic heterocycles. The second kappa shape index (κ2) is 6.66. The maximum atomic E-state index is 10.9. The first-order chi connectivity index (χ1) is 11.1. The third-order valence-electron chi connectivity index (χ3n) is 3.32. The molecule has 0 saturated carbocycles. The van der Waals surface area contributed by atoms with E-state index in [4.69, 9.17) is 4.42 Å².